The van der Waals surface area contributed by atoms with Crippen LogP contribution in [0.2, 0.25) is 0 Å². The molecule has 2 heteroatoms. The van der Waals surface area contributed by atoms with E-state index in [1.807, 2.05) is 12.1 Å². The first-order valence-electron chi connectivity index (χ1n) is 3.43. The van der Waals surface area contributed by atoms with Crippen molar-refractivity contribution in [2.24, 2.45) is 0 Å². The summed E-state index contributed by atoms with van der Waals surface area (Å²) in [5, 5.41) is 2.24. The molecule has 1 nitrogen and oxygen atoms in total. The minimum absolute atomic E-state index is 0.978. The SMILES string of the molecule is COc1cc2ccccc2s1. The average molecular weight is 164 g/mol. The van der Waals surface area contributed by atoms with Crippen LogP contribution in [0.3, 0.4) is 0 Å². The van der Waals surface area contributed by atoms with E-state index in [0.717, 1.165) is 5.06 Å². The zero-order valence-electron chi connectivity index (χ0n) is 6.20. The van der Waals surface area contributed by atoms with Crippen LogP contribution in [-0.2, 0) is 0 Å². The summed E-state index contributed by atoms with van der Waals surface area (Å²) < 4.78 is 6.40. The van der Waals surface area contributed by atoms with Gasteiger partial charge in [-0.05, 0) is 17.5 Å². The molecule has 0 spiro atoms. The van der Waals surface area contributed by atoms with Gasteiger partial charge in [0.1, 0.15) is 0 Å². The molecule has 1 aromatic carbocycles. The number of thiophene rings is 1. The van der Waals surface area contributed by atoms with Crippen molar-refractivity contribution in [1.29, 1.82) is 0 Å². The van der Waals surface area contributed by atoms with Crippen LogP contribution in [0.25, 0.3) is 10.1 Å². The average Bonchev–Trinajstić information content (AvgIpc) is 2.46. The summed E-state index contributed by atoms with van der Waals surface area (Å²) in [6.45, 7) is 0. The van der Waals surface area contributed by atoms with Gasteiger partial charge in [0, 0.05) is 4.70 Å². The number of hydrogen-bond acceptors (Lipinski definition) is 2. The van der Waals surface area contributed by atoms with Crippen LogP contribution in [-0.4, -0.2) is 7.11 Å². The number of hydrogen-bond donors (Lipinski definition) is 0. The maximum absolute atomic E-state index is 5.12. The van der Waals surface area contributed by atoms with Gasteiger partial charge in [0.15, 0.2) is 5.06 Å². The van der Waals surface area contributed by atoms with E-state index in [4.69, 9.17) is 4.74 Å². The molecule has 2 aromatic rings. The normalized spacial score (nSPS) is 10.3. The third-order valence-electron chi connectivity index (χ3n) is 1.60. The molecule has 0 aliphatic rings. The highest BCUT2D eigenvalue weighted by atomic mass is 32.1. The van der Waals surface area contributed by atoms with Gasteiger partial charge in [0.05, 0.1) is 7.11 Å². The molecule has 0 N–H and O–H groups in total. The molecule has 0 saturated heterocycles. The first kappa shape index (κ1) is 6.68. The van der Waals surface area contributed by atoms with Crippen molar-refractivity contribution in [3.8, 4) is 5.06 Å². The van der Waals surface area contributed by atoms with Crippen LogP contribution >= 0.6 is 11.3 Å². The highest BCUT2D eigenvalue weighted by Crippen LogP contribution is 2.30. The van der Waals surface area contributed by atoms with E-state index in [-0.39, 0.29) is 0 Å². The van der Waals surface area contributed by atoms with Gasteiger partial charge in [-0.25, -0.2) is 0 Å². The van der Waals surface area contributed by atoms with Gasteiger partial charge in [-0.15, -0.1) is 0 Å². The van der Waals surface area contributed by atoms with Crippen molar-refractivity contribution < 1.29 is 4.74 Å². The molecule has 0 radical (unpaired) electrons. The lowest BCUT2D eigenvalue weighted by Gasteiger charge is -1.86. The largest absolute Gasteiger partial charge is 0.487 e. The Morgan fingerprint density at radius 2 is 2.09 bits per heavy atom. The van der Waals surface area contributed by atoms with Crippen molar-refractivity contribution in [2.75, 3.05) is 7.11 Å². The van der Waals surface area contributed by atoms with E-state index in [0.29, 0.717) is 0 Å². The third kappa shape index (κ3) is 1.10. The molecule has 0 unspecified atom stereocenters. The molecule has 0 fully saturated rings. The molecule has 1 heterocycles. The fourth-order valence-corrected chi connectivity index (χ4v) is 1.94. The van der Waals surface area contributed by atoms with Crippen molar-refractivity contribution in [1.82, 2.24) is 0 Å². The fourth-order valence-electron chi connectivity index (χ4n) is 1.06. The Labute approximate surface area is 69.2 Å². The zero-order chi connectivity index (χ0) is 7.68. The Morgan fingerprint density at radius 1 is 1.27 bits per heavy atom. The summed E-state index contributed by atoms with van der Waals surface area (Å²) in [4.78, 5) is 0. The molecule has 1 aromatic heterocycles. The Hall–Kier alpha value is -1.02. The van der Waals surface area contributed by atoms with Crippen molar-refractivity contribution >= 4 is 21.4 Å². The van der Waals surface area contributed by atoms with Crippen molar-refractivity contribution in [2.45, 2.75) is 0 Å². The number of rotatable bonds is 1. The van der Waals surface area contributed by atoms with Crippen molar-refractivity contribution in [3.63, 3.8) is 0 Å². The van der Waals surface area contributed by atoms with E-state index in [1.54, 1.807) is 18.4 Å². The molecule has 0 saturated carbocycles. The summed E-state index contributed by atoms with van der Waals surface area (Å²) in [6, 6.07) is 10.3. The van der Waals surface area contributed by atoms with E-state index in [2.05, 4.69) is 18.2 Å². The lowest BCUT2D eigenvalue weighted by molar-refractivity contribution is 0.427. The Balaban J connectivity index is 2.69. The molecule has 0 aliphatic carbocycles. The first-order valence-corrected chi connectivity index (χ1v) is 4.24. The monoisotopic (exact) mass is 164 g/mol. The summed E-state index contributed by atoms with van der Waals surface area (Å²) in [6.07, 6.45) is 0. The Morgan fingerprint density at radius 3 is 2.82 bits per heavy atom. The quantitative estimate of drug-likeness (QED) is 0.629. The standard InChI is InChI=1S/C9H8OS/c1-10-9-6-7-4-2-3-5-8(7)11-9/h2-6H,1H3. The molecule has 0 aliphatic heterocycles. The molecule has 56 valence electrons. The number of ether oxygens (including phenoxy) is 1. The van der Waals surface area contributed by atoms with Crippen LogP contribution in [0.4, 0.5) is 0 Å². The van der Waals surface area contributed by atoms with Crippen LogP contribution in [0.1, 0.15) is 0 Å². The smallest absolute Gasteiger partial charge is 0.174 e. The highest BCUT2D eigenvalue weighted by Gasteiger charge is 1.98. The summed E-state index contributed by atoms with van der Waals surface area (Å²) >= 11 is 1.68. The summed E-state index contributed by atoms with van der Waals surface area (Å²) in [7, 11) is 1.70. The second kappa shape index (κ2) is 2.55. The second-order valence-electron chi connectivity index (χ2n) is 2.31. The van der Waals surface area contributed by atoms with Gasteiger partial charge in [-0.1, -0.05) is 29.5 Å². The van der Waals surface area contributed by atoms with Gasteiger partial charge in [0.2, 0.25) is 0 Å². The number of fused-ring (bicyclic) bond motifs is 1. The summed E-state index contributed by atoms with van der Waals surface area (Å²) in [5.74, 6) is 0. The van der Waals surface area contributed by atoms with Crippen LogP contribution in [0.5, 0.6) is 5.06 Å². The minimum Gasteiger partial charge on any atom is -0.487 e. The molecule has 11 heavy (non-hydrogen) atoms. The van der Waals surface area contributed by atoms with Crippen LogP contribution in [0.15, 0.2) is 30.3 Å². The highest BCUT2D eigenvalue weighted by molar-refractivity contribution is 7.20. The van der Waals surface area contributed by atoms with Crippen LogP contribution in [0, 0.1) is 0 Å². The van der Waals surface area contributed by atoms with Crippen LogP contribution < -0.4 is 4.74 Å². The lowest BCUT2D eigenvalue weighted by Crippen LogP contribution is -1.73. The maximum atomic E-state index is 5.12. The second-order valence-corrected chi connectivity index (χ2v) is 3.35. The van der Waals surface area contributed by atoms with Crippen molar-refractivity contribution in [3.05, 3.63) is 30.3 Å². The van der Waals surface area contributed by atoms with Gasteiger partial charge in [-0.2, -0.15) is 0 Å². The molecule has 0 amide bonds. The van der Waals surface area contributed by atoms with Gasteiger partial charge < -0.3 is 4.74 Å². The topological polar surface area (TPSA) is 9.23 Å². The maximum Gasteiger partial charge on any atom is 0.174 e. The predicted molar refractivity (Wildman–Crippen MR) is 48.4 cm³/mol. The zero-order valence-corrected chi connectivity index (χ0v) is 7.02. The van der Waals surface area contributed by atoms with Gasteiger partial charge in [0.25, 0.3) is 0 Å². The minimum atomic E-state index is 0.978. The van der Waals surface area contributed by atoms with E-state index in [9.17, 15) is 0 Å². The van der Waals surface area contributed by atoms with E-state index in [1.165, 1.54) is 10.1 Å². The molecular formula is C9H8OS. The van der Waals surface area contributed by atoms with E-state index < -0.39 is 0 Å². The number of benzene rings is 1. The number of methoxy groups -OCH3 is 1. The molecular weight excluding hydrogens is 156 g/mol. The Bertz CT molecular complexity index is 331. The Kier molecular flexibility index (Phi) is 1.55. The third-order valence-corrected chi connectivity index (χ3v) is 2.68. The predicted octanol–water partition coefficient (Wildman–Crippen LogP) is 2.91. The van der Waals surface area contributed by atoms with E-state index >= 15 is 0 Å². The first-order chi connectivity index (χ1) is 5.40. The molecule has 0 atom stereocenters. The fraction of sp³-hybridized carbons (Fsp3) is 0.111. The molecule has 0 bridgehead atoms. The summed E-state index contributed by atoms with van der Waals surface area (Å²) in [5.41, 5.74) is 0. The lowest BCUT2D eigenvalue weighted by atomic mass is 10.3. The molecule has 2 rings (SSSR count). The van der Waals surface area contributed by atoms with Gasteiger partial charge in [-0.3, -0.25) is 0 Å². The van der Waals surface area contributed by atoms with Gasteiger partial charge >= 0.3 is 0 Å².